The van der Waals surface area contributed by atoms with Crippen LogP contribution in [0.1, 0.15) is 75.3 Å². The average molecular weight is 1180 g/mol. The normalized spacial score (nSPS) is 13.0. The van der Waals surface area contributed by atoms with E-state index >= 15 is 0 Å². The number of fused-ring (bicyclic) bond motifs is 3. The van der Waals surface area contributed by atoms with Gasteiger partial charge in [0.25, 0.3) is 0 Å². The van der Waals surface area contributed by atoms with Crippen LogP contribution in [-0.2, 0) is 43.0 Å². The molecule has 1 aliphatic rings. The van der Waals surface area contributed by atoms with Gasteiger partial charge in [-0.2, -0.15) is 5.54 Å². The quantitative estimate of drug-likeness (QED) is 0.0370. The summed E-state index contributed by atoms with van der Waals surface area (Å²) in [6.45, 7) is 4.26. The molecule has 0 fully saturated rings. The van der Waals surface area contributed by atoms with Crippen molar-refractivity contribution in [2.75, 3.05) is 70.5 Å². The number of halogens is 4. The van der Waals surface area contributed by atoms with Crippen molar-refractivity contribution in [2.45, 2.75) is 70.3 Å². The third-order valence-corrected chi connectivity index (χ3v) is 8.35. The summed E-state index contributed by atoms with van der Waals surface area (Å²) in [6, 6.07) is 10.7. The van der Waals surface area contributed by atoms with Gasteiger partial charge < -0.3 is 45.3 Å². The number of ether oxygens (including phenoxy) is 4. The van der Waals surface area contributed by atoms with Crippen LogP contribution in [0.5, 0.6) is 0 Å². The Morgan fingerprint density at radius 1 is 0.772 bits per heavy atom. The molecule has 0 aromatic heterocycles. The van der Waals surface area contributed by atoms with E-state index in [0.29, 0.717) is 70.2 Å². The Labute approximate surface area is 370 Å². The fraction of sp³-hybridized carbons (Fsp3) is 0.541. The number of aliphatic hydroxyl groups is 1. The molecular formula is C37H52FI3N5O10V. The summed E-state index contributed by atoms with van der Waals surface area (Å²) in [7, 11) is 1.62. The van der Waals surface area contributed by atoms with Gasteiger partial charge in [-0.3, -0.25) is 19.2 Å². The molecule has 0 heterocycles. The molecule has 0 radical (unpaired) electrons. The third kappa shape index (κ3) is 21.8. The molecular weight excluding hydrogens is 1130 g/mol. The minimum absolute atomic E-state index is 0.0327. The van der Waals surface area contributed by atoms with Crippen LogP contribution >= 0.6 is 59.9 Å². The van der Waals surface area contributed by atoms with Gasteiger partial charge in [0.1, 0.15) is 6.61 Å². The van der Waals surface area contributed by atoms with Crippen LogP contribution in [-0.4, -0.2) is 101 Å². The van der Waals surface area contributed by atoms with Gasteiger partial charge in [0, 0.05) is 83.0 Å². The van der Waals surface area contributed by atoms with Crippen LogP contribution in [0.2, 0.25) is 0 Å². The molecule has 1 aliphatic carbocycles. The Balaban J connectivity index is 0.00000267. The summed E-state index contributed by atoms with van der Waals surface area (Å²) in [5.74, 6) is -1.46. The summed E-state index contributed by atoms with van der Waals surface area (Å²) in [6.07, 6.45) is 1.20. The van der Waals surface area contributed by atoms with Gasteiger partial charge in [-0.15, -0.1) is 0 Å². The molecule has 0 bridgehead atoms. The molecule has 2 atom stereocenters. The SMILES string of the molecule is COCCCOCCNC(=O)CCCC(=O)Nc1ccc2c(c1)C(COC(=O)NF)c1cc(NC(=O)CCCC(=O)NCCOC(C)CCO)ccc1-2.[I][V]([I])[I]. The second-order valence-corrected chi connectivity index (χ2v) is 48.1. The van der Waals surface area contributed by atoms with Crippen LogP contribution in [0.15, 0.2) is 36.4 Å². The predicted molar refractivity (Wildman–Crippen MR) is 237 cm³/mol. The van der Waals surface area contributed by atoms with Crippen molar-refractivity contribution < 1.29 is 57.4 Å². The van der Waals surface area contributed by atoms with Gasteiger partial charge in [0.15, 0.2) is 0 Å². The Morgan fingerprint density at radius 2 is 1.28 bits per heavy atom. The fourth-order valence-corrected chi connectivity index (χ4v) is 5.71. The Morgan fingerprint density at radius 3 is 1.77 bits per heavy atom. The molecule has 20 heteroatoms. The first-order valence-electron chi connectivity index (χ1n) is 18.4. The number of anilines is 2. The van der Waals surface area contributed by atoms with Crippen LogP contribution in [0.4, 0.5) is 20.7 Å². The van der Waals surface area contributed by atoms with Crippen molar-refractivity contribution in [1.82, 2.24) is 16.2 Å². The van der Waals surface area contributed by atoms with E-state index in [0.717, 1.165) is 34.2 Å². The molecule has 57 heavy (non-hydrogen) atoms. The van der Waals surface area contributed by atoms with Crippen molar-refractivity contribution in [1.29, 1.82) is 0 Å². The third-order valence-electron chi connectivity index (χ3n) is 8.35. The van der Waals surface area contributed by atoms with Crippen LogP contribution in [0.25, 0.3) is 11.1 Å². The van der Waals surface area contributed by atoms with Crippen LogP contribution < -0.4 is 26.8 Å². The predicted octanol–water partition coefficient (Wildman–Crippen LogP) is 6.35. The molecule has 3 rings (SSSR count). The molecule has 0 aliphatic heterocycles. The first-order valence-corrected chi connectivity index (χ1v) is 31.9. The number of aliphatic hydroxyl groups excluding tert-OH is 1. The second-order valence-electron chi connectivity index (χ2n) is 12.7. The maximum absolute atomic E-state index is 12.7. The topological polar surface area (TPSA) is 203 Å². The van der Waals surface area contributed by atoms with Crippen molar-refractivity contribution in [2.24, 2.45) is 0 Å². The van der Waals surface area contributed by atoms with E-state index in [1.54, 1.807) is 31.4 Å². The van der Waals surface area contributed by atoms with Crippen molar-refractivity contribution in [3.63, 3.8) is 0 Å². The summed E-state index contributed by atoms with van der Waals surface area (Å²) in [5.41, 5.74) is 5.06. The molecule has 2 unspecified atom stereocenters. The average Bonchev–Trinajstić information content (AvgIpc) is 3.46. The first kappa shape index (κ1) is 51.3. The number of methoxy groups -OCH3 is 1. The van der Waals surface area contributed by atoms with E-state index in [2.05, 4.69) is 81.2 Å². The Hall–Kier alpha value is -1.87. The molecule has 0 spiro atoms. The zero-order valence-corrected chi connectivity index (χ0v) is 39.9. The van der Waals surface area contributed by atoms with E-state index in [4.69, 9.17) is 24.1 Å². The molecule has 2 aromatic carbocycles. The van der Waals surface area contributed by atoms with E-state index in [-0.39, 0.29) is 73.6 Å². The Kier molecular flexibility index (Phi) is 27.2. The zero-order chi connectivity index (χ0) is 42.0. The van der Waals surface area contributed by atoms with Gasteiger partial charge in [-0.25, -0.2) is 4.79 Å². The van der Waals surface area contributed by atoms with E-state index in [1.165, 1.54) is 0 Å². The number of carbonyl (C=O) groups excluding carboxylic acids is 5. The van der Waals surface area contributed by atoms with E-state index < -0.39 is 12.0 Å². The number of benzene rings is 2. The number of hydrogen-bond acceptors (Lipinski definition) is 10. The van der Waals surface area contributed by atoms with Gasteiger partial charge >= 0.3 is 71.0 Å². The van der Waals surface area contributed by atoms with E-state index in [1.807, 2.05) is 19.1 Å². The first-order chi connectivity index (χ1) is 27.4. The van der Waals surface area contributed by atoms with Crippen molar-refractivity contribution >= 4 is 101 Å². The summed E-state index contributed by atoms with van der Waals surface area (Å²) in [4.78, 5) is 61.1. The van der Waals surface area contributed by atoms with Crippen molar-refractivity contribution in [3.05, 3.63) is 47.5 Å². The number of nitrogens with one attached hydrogen (secondary N) is 5. The van der Waals surface area contributed by atoms with E-state index in [9.17, 15) is 28.5 Å². The number of carbonyl (C=O) groups is 5. The number of hydrogen-bond donors (Lipinski definition) is 6. The Bertz CT molecular complexity index is 1580. The molecule has 5 amide bonds. The molecule has 2 aromatic rings. The van der Waals surface area contributed by atoms with Gasteiger partial charge in [-0.05, 0) is 79.1 Å². The zero-order valence-electron chi connectivity index (χ0n) is 32.0. The van der Waals surface area contributed by atoms with Gasteiger partial charge in [0.05, 0.1) is 19.3 Å². The number of amides is 5. The molecule has 15 nitrogen and oxygen atoms in total. The van der Waals surface area contributed by atoms with Gasteiger partial charge in [-0.1, -0.05) is 16.6 Å². The monoisotopic (exact) mass is 1180 g/mol. The van der Waals surface area contributed by atoms with Crippen molar-refractivity contribution in [3.8, 4) is 11.1 Å². The standard InChI is InChI=1S/C37H52FN5O10.3HI.V/c1-25(14-17-44)52-21-16-40-34(46)7-4-9-36(48)42-27-11-13-29-28-12-10-26(22-30(28)32(31(29)23-27)24-53-37(49)43-38)41-35(47)8-3-6-33(45)39-15-20-51-19-5-18-50-2;;;;/h10-13,22-23,25,32,44H,3-9,14-21,24H2,1-2H3,(H,39,45)(H,40,46)(H,41,47)(H,42,48)(H,43,49);3*1H;/q;;;;+3/p-3. The summed E-state index contributed by atoms with van der Waals surface area (Å²) in [5, 5.41) is 20.1. The number of rotatable bonds is 25. The van der Waals surface area contributed by atoms with Gasteiger partial charge in [0.2, 0.25) is 23.6 Å². The maximum atomic E-state index is 12.7. The second kappa shape index (κ2) is 30.2. The summed E-state index contributed by atoms with van der Waals surface area (Å²) >= 11 is 7.39. The summed E-state index contributed by atoms with van der Waals surface area (Å²) < 4.78 is 33.7. The molecule has 318 valence electrons. The molecule has 6 N–H and O–H groups in total. The minimum atomic E-state index is -1.25. The fourth-order valence-electron chi connectivity index (χ4n) is 5.71. The van der Waals surface area contributed by atoms with Crippen LogP contribution in [0.3, 0.4) is 0 Å². The molecule has 0 saturated carbocycles. The van der Waals surface area contributed by atoms with Crippen LogP contribution in [0, 0.1) is 0 Å². The molecule has 0 saturated heterocycles.